The molecule has 1 amide bonds. The van der Waals surface area contributed by atoms with E-state index >= 15 is 0 Å². The number of rotatable bonds is 5. The monoisotopic (exact) mass is 328 g/mol. The minimum Gasteiger partial charge on any atom is -0.348 e. The molecule has 0 spiro atoms. The number of likely N-dealkylation sites (tertiary alicyclic amines) is 1. The van der Waals surface area contributed by atoms with Crippen molar-refractivity contribution in [2.45, 2.75) is 39.3 Å². The zero-order chi connectivity index (χ0) is 16.9. The van der Waals surface area contributed by atoms with Crippen LogP contribution < -0.4 is 5.32 Å². The predicted octanol–water partition coefficient (Wildman–Crippen LogP) is 1.40. The molecule has 0 saturated carbocycles. The second kappa shape index (κ2) is 7.53. The lowest BCUT2D eigenvalue weighted by Crippen LogP contribution is -2.45. The number of hydrogen-bond acceptors (Lipinski definition) is 5. The lowest BCUT2D eigenvalue weighted by atomic mass is 9.96. The number of nitrogens with zero attached hydrogens (tertiary/aromatic N) is 5. The molecule has 128 valence electrons. The fourth-order valence-corrected chi connectivity index (χ4v) is 3.09. The number of para-hydroxylation sites is 1. The van der Waals surface area contributed by atoms with E-state index in [9.17, 15) is 4.79 Å². The van der Waals surface area contributed by atoms with Crippen LogP contribution in [0.5, 0.6) is 0 Å². The van der Waals surface area contributed by atoms with Crippen LogP contribution in [0.2, 0.25) is 0 Å². The first kappa shape index (κ1) is 16.6. The summed E-state index contributed by atoms with van der Waals surface area (Å²) >= 11 is 0. The van der Waals surface area contributed by atoms with Gasteiger partial charge in [0, 0.05) is 12.6 Å². The zero-order valence-electron chi connectivity index (χ0n) is 14.2. The average Bonchev–Trinajstić information content (AvgIpc) is 3.09. The standard InChI is InChI=1S/C17H24N6O/c1-13(2)22-10-6-7-14(12-22)17(24)18-11-16-19-20-21-23(16)15-8-4-3-5-9-15/h3-5,8-9,13-14H,6-7,10-12H2,1-2H3,(H,18,24). The Morgan fingerprint density at radius 3 is 2.88 bits per heavy atom. The normalized spacial score (nSPS) is 18.7. The third-order valence-electron chi connectivity index (χ3n) is 4.51. The number of carbonyl (C=O) groups is 1. The van der Waals surface area contributed by atoms with Crippen molar-refractivity contribution in [3.63, 3.8) is 0 Å². The molecule has 1 fully saturated rings. The summed E-state index contributed by atoms with van der Waals surface area (Å²) in [6.45, 7) is 6.59. The van der Waals surface area contributed by atoms with Crippen LogP contribution in [0.3, 0.4) is 0 Å². The Kier molecular flexibility index (Phi) is 5.20. The number of hydrogen-bond donors (Lipinski definition) is 1. The third-order valence-corrected chi connectivity index (χ3v) is 4.51. The highest BCUT2D eigenvalue weighted by atomic mass is 16.1. The van der Waals surface area contributed by atoms with Crippen molar-refractivity contribution in [2.24, 2.45) is 5.92 Å². The van der Waals surface area contributed by atoms with E-state index in [1.54, 1.807) is 4.68 Å². The van der Waals surface area contributed by atoms with Gasteiger partial charge in [0.2, 0.25) is 5.91 Å². The summed E-state index contributed by atoms with van der Waals surface area (Å²) in [5, 5.41) is 14.8. The van der Waals surface area contributed by atoms with Crippen molar-refractivity contribution in [2.75, 3.05) is 13.1 Å². The van der Waals surface area contributed by atoms with Gasteiger partial charge in [-0.2, -0.15) is 4.68 Å². The molecule has 1 aliphatic heterocycles. The highest BCUT2D eigenvalue weighted by molar-refractivity contribution is 5.78. The minimum atomic E-state index is 0.0437. The first-order valence-corrected chi connectivity index (χ1v) is 8.49. The molecule has 1 N–H and O–H groups in total. The molecule has 0 radical (unpaired) electrons. The Labute approximate surface area is 142 Å². The number of aromatic nitrogens is 4. The largest absolute Gasteiger partial charge is 0.348 e. The number of nitrogens with one attached hydrogen (secondary N) is 1. The van der Waals surface area contributed by atoms with Gasteiger partial charge >= 0.3 is 0 Å². The molecule has 1 saturated heterocycles. The van der Waals surface area contributed by atoms with Crippen molar-refractivity contribution in [3.05, 3.63) is 36.2 Å². The Hall–Kier alpha value is -2.28. The number of benzene rings is 1. The summed E-state index contributed by atoms with van der Waals surface area (Å²) < 4.78 is 1.65. The Morgan fingerprint density at radius 2 is 2.12 bits per heavy atom. The van der Waals surface area contributed by atoms with Gasteiger partial charge in [-0.15, -0.1) is 5.10 Å². The summed E-state index contributed by atoms with van der Waals surface area (Å²) in [6, 6.07) is 10.2. The Morgan fingerprint density at radius 1 is 1.33 bits per heavy atom. The average molecular weight is 328 g/mol. The molecule has 7 nitrogen and oxygen atoms in total. The van der Waals surface area contributed by atoms with Crippen LogP contribution in [-0.4, -0.2) is 50.1 Å². The van der Waals surface area contributed by atoms with E-state index in [-0.39, 0.29) is 11.8 Å². The second-order valence-corrected chi connectivity index (χ2v) is 6.49. The van der Waals surface area contributed by atoms with Gasteiger partial charge < -0.3 is 10.2 Å². The van der Waals surface area contributed by atoms with Crippen LogP contribution in [0.4, 0.5) is 0 Å². The van der Waals surface area contributed by atoms with E-state index in [0.29, 0.717) is 18.4 Å². The number of piperidine rings is 1. The highest BCUT2D eigenvalue weighted by Gasteiger charge is 2.27. The molecule has 1 unspecified atom stereocenters. The number of amides is 1. The van der Waals surface area contributed by atoms with Crippen molar-refractivity contribution >= 4 is 5.91 Å². The van der Waals surface area contributed by atoms with Crippen LogP contribution >= 0.6 is 0 Å². The molecule has 1 aromatic carbocycles. The quantitative estimate of drug-likeness (QED) is 0.898. The Balaban J connectivity index is 1.60. The van der Waals surface area contributed by atoms with Gasteiger partial charge in [-0.3, -0.25) is 4.79 Å². The topological polar surface area (TPSA) is 75.9 Å². The molecule has 1 atom stereocenters. The predicted molar refractivity (Wildman–Crippen MR) is 90.4 cm³/mol. The highest BCUT2D eigenvalue weighted by Crippen LogP contribution is 2.18. The first-order valence-electron chi connectivity index (χ1n) is 8.49. The van der Waals surface area contributed by atoms with Crippen LogP contribution in [-0.2, 0) is 11.3 Å². The summed E-state index contributed by atoms with van der Waals surface area (Å²) in [7, 11) is 0. The van der Waals surface area contributed by atoms with Crippen molar-refractivity contribution < 1.29 is 4.79 Å². The van der Waals surface area contributed by atoms with Gasteiger partial charge in [0.15, 0.2) is 5.82 Å². The molecule has 2 heterocycles. The van der Waals surface area contributed by atoms with E-state index < -0.39 is 0 Å². The van der Waals surface area contributed by atoms with Crippen molar-refractivity contribution in [1.82, 2.24) is 30.4 Å². The van der Waals surface area contributed by atoms with Crippen molar-refractivity contribution in [3.8, 4) is 5.69 Å². The van der Waals surface area contributed by atoms with E-state index in [1.807, 2.05) is 30.3 Å². The van der Waals surface area contributed by atoms with Gasteiger partial charge in [-0.25, -0.2) is 0 Å². The van der Waals surface area contributed by atoms with E-state index in [2.05, 4.69) is 39.6 Å². The Bertz CT molecular complexity index is 669. The molecule has 7 heteroatoms. The minimum absolute atomic E-state index is 0.0437. The van der Waals surface area contributed by atoms with E-state index in [1.165, 1.54) is 0 Å². The number of carbonyl (C=O) groups excluding carboxylic acids is 1. The van der Waals surface area contributed by atoms with Crippen LogP contribution in [0.15, 0.2) is 30.3 Å². The summed E-state index contributed by atoms with van der Waals surface area (Å²) in [6.07, 6.45) is 2.01. The maximum absolute atomic E-state index is 12.5. The summed E-state index contributed by atoms with van der Waals surface area (Å²) in [5.41, 5.74) is 0.885. The SMILES string of the molecule is CC(C)N1CCCC(C(=O)NCc2nnnn2-c2ccccc2)C1. The van der Waals surface area contributed by atoms with Gasteiger partial charge in [-0.1, -0.05) is 18.2 Å². The van der Waals surface area contributed by atoms with Crippen LogP contribution in [0, 0.1) is 5.92 Å². The maximum atomic E-state index is 12.5. The van der Waals surface area contributed by atoms with Gasteiger partial charge in [0.05, 0.1) is 18.2 Å². The molecule has 1 aliphatic rings. The van der Waals surface area contributed by atoms with Crippen LogP contribution in [0.25, 0.3) is 5.69 Å². The molecule has 24 heavy (non-hydrogen) atoms. The maximum Gasteiger partial charge on any atom is 0.224 e. The summed E-state index contributed by atoms with van der Waals surface area (Å²) in [4.78, 5) is 14.9. The third kappa shape index (κ3) is 3.79. The fourth-order valence-electron chi connectivity index (χ4n) is 3.09. The number of tetrazole rings is 1. The second-order valence-electron chi connectivity index (χ2n) is 6.49. The van der Waals surface area contributed by atoms with Crippen molar-refractivity contribution in [1.29, 1.82) is 0 Å². The lowest BCUT2D eigenvalue weighted by molar-refractivity contribution is -0.127. The smallest absolute Gasteiger partial charge is 0.224 e. The molecule has 3 rings (SSSR count). The lowest BCUT2D eigenvalue weighted by Gasteiger charge is -2.34. The molecule has 1 aromatic heterocycles. The van der Waals surface area contributed by atoms with E-state index in [0.717, 1.165) is 31.6 Å². The molecule has 0 aliphatic carbocycles. The van der Waals surface area contributed by atoms with Gasteiger partial charge in [0.25, 0.3) is 0 Å². The summed E-state index contributed by atoms with van der Waals surface area (Å²) in [5.74, 6) is 0.760. The molecule has 2 aromatic rings. The first-order chi connectivity index (χ1) is 11.6. The molecular weight excluding hydrogens is 304 g/mol. The van der Waals surface area contributed by atoms with Gasteiger partial charge in [-0.05, 0) is 55.8 Å². The molecule has 0 bridgehead atoms. The van der Waals surface area contributed by atoms with Gasteiger partial charge in [0.1, 0.15) is 0 Å². The van der Waals surface area contributed by atoms with E-state index in [4.69, 9.17) is 0 Å². The fraction of sp³-hybridized carbons (Fsp3) is 0.529. The zero-order valence-corrected chi connectivity index (χ0v) is 14.2. The molecular formula is C17H24N6O. The van der Waals surface area contributed by atoms with Crippen LogP contribution in [0.1, 0.15) is 32.5 Å².